The number of nitriles is 1. The summed E-state index contributed by atoms with van der Waals surface area (Å²) < 4.78 is 0.909. The van der Waals surface area contributed by atoms with Crippen molar-refractivity contribution in [2.24, 2.45) is 0 Å². The number of nitrogens with zero attached hydrogens (tertiary/aromatic N) is 2. The Balaban J connectivity index is 2.10. The van der Waals surface area contributed by atoms with Gasteiger partial charge in [-0.3, -0.25) is 9.69 Å². The van der Waals surface area contributed by atoms with Crippen LogP contribution in [0.2, 0.25) is 0 Å². The fraction of sp³-hybridized carbons (Fsp3) is 0.0667. The maximum Gasteiger partial charge on any atom is 0.250 e. The molecule has 98 valence electrons. The van der Waals surface area contributed by atoms with Crippen LogP contribution < -0.4 is 10.2 Å². The third-order valence-electron chi connectivity index (χ3n) is 3.13. The quantitative estimate of drug-likeness (QED) is 0.873. The van der Waals surface area contributed by atoms with Gasteiger partial charge in [0, 0.05) is 10.2 Å². The van der Waals surface area contributed by atoms with E-state index < -0.39 is 0 Å². The standard InChI is InChI=1S/C15H10BrN3O/c16-11-3-6-13-14(7-11)19(15(20)9-18-13)12-4-1-10(8-17)2-5-12/h1-7,18H,9H2. The lowest BCUT2D eigenvalue weighted by Gasteiger charge is -2.30. The van der Waals surface area contributed by atoms with E-state index in [0.717, 1.165) is 21.5 Å². The number of hydrogen-bond donors (Lipinski definition) is 1. The molecule has 1 aliphatic heterocycles. The highest BCUT2D eigenvalue weighted by Crippen LogP contribution is 2.37. The van der Waals surface area contributed by atoms with Crippen molar-refractivity contribution in [1.82, 2.24) is 0 Å². The Bertz CT molecular complexity index is 719. The molecule has 0 bridgehead atoms. The molecule has 0 unspecified atom stereocenters. The molecule has 0 saturated carbocycles. The van der Waals surface area contributed by atoms with Crippen LogP contribution in [0.25, 0.3) is 0 Å². The predicted octanol–water partition coefficient (Wildman–Crippen LogP) is 3.41. The summed E-state index contributed by atoms with van der Waals surface area (Å²) in [6.45, 7) is 0.259. The first-order chi connectivity index (χ1) is 9.69. The second-order valence-electron chi connectivity index (χ2n) is 4.40. The van der Waals surface area contributed by atoms with Gasteiger partial charge < -0.3 is 5.32 Å². The van der Waals surface area contributed by atoms with Gasteiger partial charge in [-0.2, -0.15) is 5.26 Å². The third kappa shape index (κ3) is 2.15. The molecule has 0 aromatic heterocycles. The Morgan fingerprint density at radius 3 is 2.65 bits per heavy atom. The maximum absolute atomic E-state index is 12.2. The number of benzene rings is 2. The number of rotatable bonds is 1. The number of amides is 1. The van der Waals surface area contributed by atoms with Gasteiger partial charge in [0.15, 0.2) is 0 Å². The third-order valence-corrected chi connectivity index (χ3v) is 3.63. The highest BCUT2D eigenvalue weighted by molar-refractivity contribution is 9.10. The van der Waals surface area contributed by atoms with Gasteiger partial charge in [-0.25, -0.2) is 0 Å². The minimum absolute atomic E-state index is 0.0275. The number of carbonyl (C=O) groups is 1. The van der Waals surface area contributed by atoms with Crippen molar-refractivity contribution < 1.29 is 4.79 Å². The van der Waals surface area contributed by atoms with E-state index in [1.54, 1.807) is 29.2 Å². The summed E-state index contributed by atoms with van der Waals surface area (Å²) in [6, 6.07) is 14.8. The molecule has 1 amide bonds. The SMILES string of the molecule is N#Cc1ccc(N2C(=O)CNc3ccc(Br)cc32)cc1. The lowest BCUT2D eigenvalue weighted by atomic mass is 10.1. The average Bonchev–Trinajstić information content (AvgIpc) is 2.47. The summed E-state index contributed by atoms with van der Waals surface area (Å²) in [6.07, 6.45) is 0. The van der Waals surface area contributed by atoms with E-state index in [1.807, 2.05) is 18.2 Å². The number of hydrogen-bond acceptors (Lipinski definition) is 3. The molecule has 20 heavy (non-hydrogen) atoms. The van der Waals surface area contributed by atoms with E-state index in [0.29, 0.717) is 5.56 Å². The molecule has 1 heterocycles. The summed E-state index contributed by atoms with van der Waals surface area (Å²) >= 11 is 3.42. The molecule has 2 aromatic carbocycles. The van der Waals surface area contributed by atoms with Crippen molar-refractivity contribution in [1.29, 1.82) is 5.26 Å². The highest BCUT2D eigenvalue weighted by atomic mass is 79.9. The van der Waals surface area contributed by atoms with Crippen LogP contribution in [0.1, 0.15) is 5.56 Å². The summed E-state index contributed by atoms with van der Waals surface area (Å²) in [5.41, 5.74) is 3.05. The van der Waals surface area contributed by atoms with Crippen LogP contribution in [0.5, 0.6) is 0 Å². The zero-order valence-electron chi connectivity index (χ0n) is 10.4. The van der Waals surface area contributed by atoms with Gasteiger partial charge in [-0.05, 0) is 42.5 Å². The van der Waals surface area contributed by atoms with Gasteiger partial charge in [0.1, 0.15) is 0 Å². The Labute approximate surface area is 124 Å². The fourth-order valence-electron chi connectivity index (χ4n) is 2.19. The number of halogens is 1. The first-order valence-corrected chi connectivity index (χ1v) is 6.85. The van der Waals surface area contributed by atoms with Crippen LogP contribution in [0.15, 0.2) is 46.9 Å². The molecule has 4 nitrogen and oxygen atoms in total. The van der Waals surface area contributed by atoms with Gasteiger partial charge in [0.25, 0.3) is 5.91 Å². The Morgan fingerprint density at radius 2 is 1.95 bits per heavy atom. The van der Waals surface area contributed by atoms with Crippen LogP contribution in [0, 0.1) is 11.3 Å². The lowest BCUT2D eigenvalue weighted by Crippen LogP contribution is -2.36. The molecule has 1 aliphatic rings. The normalized spacial score (nSPS) is 13.4. The van der Waals surface area contributed by atoms with Crippen molar-refractivity contribution in [2.75, 3.05) is 16.8 Å². The van der Waals surface area contributed by atoms with Crippen LogP contribution in [-0.4, -0.2) is 12.5 Å². The van der Waals surface area contributed by atoms with Crippen LogP contribution in [0.3, 0.4) is 0 Å². The van der Waals surface area contributed by atoms with Crippen molar-refractivity contribution >= 4 is 38.9 Å². The summed E-state index contributed by atoms with van der Waals surface area (Å²) in [7, 11) is 0. The monoisotopic (exact) mass is 327 g/mol. The number of carbonyl (C=O) groups excluding carboxylic acids is 1. The number of anilines is 3. The Hall–Kier alpha value is -2.32. The number of fused-ring (bicyclic) bond motifs is 1. The van der Waals surface area contributed by atoms with E-state index in [2.05, 4.69) is 27.3 Å². The van der Waals surface area contributed by atoms with Crippen LogP contribution in [-0.2, 0) is 4.79 Å². The molecule has 0 spiro atoms. The topological polar surface area (TPSA) is 56.1 Å². The van der Waals surface area contributed by atoms with Gasteiger partial charge in [-0.15, -0.1) is 0 Å². The van der Waals surface area contributed by atoms with Gasteiger partial charge in [-0.1, -0.05) is 15.9 Å². The minimum atomic E-state index is -0.0275. The molecule has 2 aromatic rings. The zero-order valence-corrected chi connectivity index (χ0v) is 12.0. The van der Waals surface area contributed by atoms with Crippen molar-refractivity contribution in [2.45, 2.75) is 0 Å². The molecule has 0 atom stereocenters. The Morgan fingerprint density at radius 1 is 1.20 bits per heavy atom. The molecule has 1 N–H and O–H groups in total. The molecule has 0 saturated heterocycles. The van der Waals surface area contributed by atoms with Crippen LogP contribution in [0.4, 0.5) is 17.1 Å². The molecular weight excluding hydrogens is 318 g/mol. The highest BCUT2D eigenvalue weighted by Gasteiger charge is 2.25. The molecular formula is C15H10BrN3O. The lowest BCUT2D eigenvalue weighted by molar-refractivity contribution is -0.116. The molecule has 5 heteroatoms. The summed E-state index contributed by atoms with van der Waals surface area (Å²) in [5, 5.41) is 11.9. The average molecular weight is 328 g/mol. The number of nitrogens with one attached hydrogen (secondary N) is 1. The minimum Gasteiger partial charge on any atom is -0.374 e. The van der Waals surface area contributed by atoms with Gasteiger partial charge in [0.05, 0.1) is 29.6 Å². The second kappa shape index (κ2) is 4.99. The first kappa shape index (κ1) is 12.7. The van der Waals surface area contributed by atoms with E-state index in [1.165, 1.54) is 0 Å². The Kier molecular flexibility index (Phi) is 3.17. The molecule has 0 aliphatic carbocycles. The smallest absolute Gasteiger partial charge is 0.250 e. The van der Waals surface area contributed by atoms with Gasteiger partial charge in [0.2, 0.25) is 0 Å². The molecule has 3 rings (SSSR count). The fourth-order valence-corrected chi connectivity index (χ4v) is 2.54. The first-order valence-electron chi connectivity index (χ1n) is 6.05. The van der Waals surface area contributed by atoms with E-state index >= 15 is 0 Å². The maximum atomic E-state index is 12.2. The van der Waals surface area contributed by atoms with Crippen LogP contribution >= 0.6 is 15.9 Å². The predicted molar refractivity (Wildman–Crippen MR) is 80.9 cm³/mol. The molecule has 0 fully saturated rings. The largest absolute Gasteiger partial charge is 0.374 e. The zero-order chi connectivity index (χ0) is 14.1. The molecule has 0 radical (unpaired) electrons. The second-order valence-corrected chi connectivity index (χ2v) is 5.32. The van der Waals surface area contributed by atoms with Crippen molar-refractivity contribution in [3.05, 3.63) is 52.5 Å². The summed E-state index contributed by atoms with van der Waals surface area (Å²) in [5.74, 6) is -0.0275. The van der Waals surface area contributed by atoms with E-state index in [4.69, 9.17) is 5.26 Å². The van der Waals surface area contributed by atoms with Crippen molar-refractivity contribution in [3.8, 4) is 6.07 Å². The summed E-state index contributed by atoms with van der Waals surface area (Å²) in [4.78, 5) is 13.9. The van der Waals surface area contributed by atoms with E-state index in [9.17, 15) is 4.79 Å². The van der Waals surface area contributed by atoms with Gasteiger partial charge >= 0.3 is 0 Å². The van der Waals surface area contributed by atoms with Crippen molar-refractivity contribution in [3.63, 3.8) is 0 Å². The van der Waals surface area contributed by atoms with E-state index in [-0.39, 0.29) is 12.5 Å².